The highest BCUT2D eigenvalue weighted by atomic mass is 16.5. The standard InChI is InChI=1S/C18H23N3O3/c1-23-16-4-6-17(7-5-16)24-12-11-21-18(22)8-10-20-14-15-3-2-9-19-13-15/h2-7,9,13,20H,8,10-12,14H2,1H3,(H,21,22). The summed E-state index contributed by atoms with van der Waals surface area (Å²) >= 11 is 0. The fraction of sp³-hybridized carbons (Fsp3) is 0.333. The van der Waals surface area contributed by atoms with Gasteiger partial charge in [0.25, 0.3) is 0 Å². The van der Waals surface area contributed by atoms with Gasteiger partial charge in [-0.25, -0.2) is 0 Å². The van der Waals surface area contributed by atoms with Crippen LogP contribution in [0.3, 0.4) is 0 Å². The van der Waals surface area contributed by atoms with Crippen LogP contribution < -0.4 is 20.1 Å². The summed E-state index contributed by atoms with van der Waals surface area (Å²) in [7, 11) is 1.62. The average Bonchev–Trinajstić information content (AvgIpc) is 2.64. The van der Waals surface area contributed by atoms with Crippen LogP contribution in [0.4, 0.5) is 0 Å². The Hall–Kier alpha value is -2.60. The molecular formula is C18H23N3O3. The zero-order valence-electron chi connectivity index (χ0n) is 13.8. The minimum absolute atomic E-state index is 0.00650. The number of hydrogen-bond acceptors (Lipinski definition) is 5. The molecule has 0 aliphatic rings. The number of hydrogen-bond donors (Lipinski definition) is 2. The number of nitrogens with zero attached hydrogens (tertiary/aromatic N) is 1. The van der Waals surface area contributed by atoms with Gasteiger partial charge in [0, 0.05) is 31.9 Å². The van der Waals surface area contributed by atoms with Gasteiger partial charge in [-0.2, -0.15) is 0 Å². The van der Waals surface area contributed by atoms with Crippen molar-refractivity contribution in [3.8, 4) is 11.5 Å². The monoisotopic (exact) mass is 329 g/mol. The SMILES string of the molecule is COc1ccc(OCCNC(=O)CCNCc2cccnc2)cc1. The first-order valence-electron chi connectivity index (χ1n) is 7.91. The molecule has 1 amide bonds. The van der Waals surface area contributed by atoms with Crippen molar-refractivity contribution < 1.29 is 14.3 Å². The van der Waals surface area contributed by atoms with E-state index in [0.717, 1.165) is 17.1 Å². The van der Waals surface area contributed by atoms with E-state index in [1.807, 2.05) is 42.6 Å². The van der Waals surface area contributed by atoms with Crippen molar-refractivity contribution in [1.82, 2.24) is 15.6 Å². The molecule has 24 heavy (non-hydrogen) atoms. The summed E-state index contributed by atoms with van der Waals surface area (Å²) in [6.07, 6.45) is 3.98. The molecule has 0 fully saturated rings. The molecule has 0 radical (unpaired) electrons. The number of methoxy groups -OCH3 is 1. The molecule has 0 bridgehead atoms. The summed E-state index contributed by atoms with van der Waals surface area (Å²) in [6.45, 7) is 2.25. The Morgan fingerprint density at radius 3 is 2.62 bits per heavy atom. The second-order valence-electron chi connectivity index (χ2n) is 5.16. The molecule has 0 saturated carbocycles. The Labute approximate surface area is 142 Å². The lowest BCUT2D eigenvalue weighted by atomic mass is 10.3. The van der Waals surface area contributed by atoms with E-state index in [1.54, 1.807) is 13.3 Å². The first-order valence-corrected chi connectivity index (χ1v) is 7.91. The van der Waals surface area contributed by atoms with Gasteiger partial charge in [-0.3, -0.25) is 9.78 Å². The van der Waals surface area contributed by atoms with Gasteiger partial charge in [-0.1, -0.05) is 6.07 Å². The Kier molecular flexibility index (Phi) is 7.56. The van der Waals surface area contributed by atoms with Crippen LogP contribution in [-0.4, -0.2) is 37.7 Å². The van der Waals surface area contributed by atoms with Crippen molar-refractivity contribution in [3.63, 3.8) is 0 Å². The van der Waals surface area contributed by atoms with Crippen LogP contribution in [0.15, 0.2) is 48.8 Å². The second-order valence-corrected chi connectivity index (χ2v) is 5.16. The van der Waals surface area contributed by atoms with Gasteiger partial charge < -0.3 is 20.1 Å². The molecule has 0 unspecified atom stereocenters. The van der Waals surface area contributed by atoms with Crippen molar-refractivity contribution in [3.05, 3.63) is 54.4 Å². The maximum absolute atomic E-state index is 11.7. The molecule has 6 heteroatoms. The van der Waals surface area contributed by atoms with Gasteiger partial charge in [0.05, 0.1) is 13.7 Å². The molecule has 1 aromatic heterocycles. The predicted octanol–water partition coefficient (Wildman–Crippen LogP) is 1.77. The van der Waals surface area contributed by atoms with Crippen LogP contribution in [0, 0.1) is 0 Å². The lowest BCUT2D eigenvalue weighted by molar-refractivity contribution is -0.121. The van der Waals surface area contributed by atoms with Gasteiger partial charge >= 0.3 is 0 Å². The summed E-state index contributed by atoms with van der Waals surface area (Å²) < 4.78 is 10.6. The predicted molar refractivity (Wildman–Crippen MR) is 92.1 cm³/mol. The number of rotatable bonds is 10. The molecule has 1 aromatic carbocycles. The lowest BCUT2D eigenvalue weighted by Gasteiger charge is -2.09. The number of amides is 1. The fourth-order valence-electron chi connectivity index (χ4n) is 2.06. The normalized spacial score (nSPS) is 10.2. The Balaban J connectivity index is 1.51. The van der Waals surface area contributed by atoms with E-state index < -0.39 is 0 Å². The highest BCUT2D eigenvalue weighted by molar-refractivity contribution is 5.76. The highest BCUT2D eigenvalue weighted by Crippen LogP contribution is 2.16. The topological polar surface area (TPSA) is 72.5 Å². The van der Waals surface area contributed by atoms with Gasteiger partial charge in [0.15, 0.2) is 0 Å². The first kappa shape index (κ1) is 17.7. The number of nitrogens with one attached hydrogen (secondary N) is 2. The van der Waals surface area contributed by atoms with E-state index >= 15 is 0 Å². The third kappa shape index (κ3) is 6.66. The molecule has 6 nitrogen and oxygen atoms in total. The van der Waals surface area contributed by atoms with Crippen LogP contribution in [0.1, 0.15) is 12.0 Å². The number of carbonyl (C=O) groups excluding carboxylic acids is 1. The first-order chi connectivity index (χ1) is 11.8. The third-order valence-electron chi connectivity index (χ3n) is 3.33. The van der Waals surface area contributed by atoms with Crippen LogP contribution in [0.5, 0.6) is 11.5 Å². The second kappa shape index (κ2) is 10.2. The quantitative estimate of drug-likeness (QED) is 0.650. The van der Waals surface area contributed by atoms with Gasteiger partial charge in [0.2, 0.25) is 5.91 Å². The molecule has 2 aromatic rings. The van der Waals surface area contributed by atoms with Gasteiger partial charge in [0.1, 0.15) is 18.1 Å². The van der Waals surface area contributed by atoms with E-state index in [4.69, 9.17) is 9.47 Å². The smallest absolute Gasteiger partial charge is 0.221 e. The van der Waals surface area contributed by atoms with Crippen molar-refractivity contribution in [2.24, 2.45) is 0 Å². The zero-order chi connectivity index (χ0) is 17.0. The minimum Gasteiger partial charge on any atom is -0.497 e. The van der Waals surface area contributed by atoms with E-state index in [1.165, 1.54) is 0 Å². The molecule has 0 atom stereocenters. The Bertz CT molecular complexity index is 603. The van der Waals surface area contributed by atoms with Crippen LogP contribution >= 0.6 is 0 Å². The highest BCUT2D eigenvalue weighted by Gasteiger charge is 2.01. The Morgan fingerprint density at radius 1 is 1.12 bits per heavy atom. The maximum Gasteiger partial charge on any atom is 0.221 e. The molecule has 2 N–H and O–H groups in total. The number of ether oxygens (including phenoxy) is 2. The summed E-state index contributed by atoms with van der Waals surface area (Å²) in [5.41, 5.74) is 1.10. The molecule has 2 rings (SSSR count). The molecule has 0 aliphatic carbocycles. The summed E-state index contributed by atoms with van der Waals surface area (Å²) in [5.74, 6) is 1.55. The minimum atomic E-state index is 0.00650. The zero-order valence-corrected chi connectivity index (χ0v) is 13.8. The van der Waals surface area contributed by atoms with Gasteiger partial charge in [-0.05, 0) is 35.9 Å². The molecular weight excluding hydrogens is 306 g/mol. The Morgan fingerprint density at radius 2 is 1.92 bits per heavy atom. The van der Waals surface area contributed by atoms with Crippen molar-refractivity contribution in [2.45, 2.75) is 13.0 Å². The van der Waals surface area contributed by atoms with Crippen molar-refractivity contribution in [2.75, 3.05) is 26.8 Å². The molecule has 0 saturated heterocycles. The van der Waals surface area contributed by atoms with Crippen LogP contribution in [0.25, 0.3) is 0 Å². The molecule has 1 heterocycles. The van der Waals surface area contributed by atoms with Crippen LogP contribution in [0.2, 0.25) is 0 Å². The number of aromatic nitrogens is 1. The molecule has 0 spiro atoms. The maximum atomic E-state index is 11.7. The lowest BCUT2D eigenvalue weighted by Crippen LogP contribution is -2.30. The third-order valence-corrected chi connectivity index (χ3v) is 3.33. The fourth-order valence-corrected chi connectivity index (χ4v) is 2.06. The van der Waals surface area contributed by atoms with Crippen LogP contribution in [-0.2, 0) is 11.3 Å². The molecule has 128 valence electrons. The summed E-state index contributed by atoms with van der Waals surface area (Å²) in [5, 5.41) is 6.05. The van der Waals surface area contributed by atoms with E-state index in [-0.39, 0.29) is 5.91 Å². The summed E-state index contributed by atoms with van der Waals surface area (Å²) in [6, 6.07) is 11.2. The largest absolute Gasteiger partial charge is 0.497 e. The number of carbonyl (C=O) groups is 1. The molecule has 0 aliphatic heterocycles. The van der Waals surface area contributed by atoms with Crippen molar-refractivity contribution >= 4 is 5.91 Å². The van der Waals surface area contributed by atoms with E-state index in [9.17, 15) is 4.79 Å². The van der Waals surface area contributed by atoms with E-state index in [0.29, 0.717) is 32.7 Å². The van der Waals surface area contributed by atoms with Crippen molar-refractivity contribution in [1.29, 1.82) is 0 Å². The van der Waals surface area contributed by atoms with Gasteiger partial charge in [-0.15, -0.1) is 0 Å². The number of pyridine rings is 1. The van der Waals surface area contributed by atoms with E-state index in [2.05, 4.69) is 15.6 Å². The average molecular weight is 329 g/mol. The summed E-state index contributed by atoms with van der Waals surface area (Å²) in [4.78, 5) is 15.8. The number of benzene rings is 1.